The van der Waals surface area contributed by atoms with Gasteiger partial charge in [0, 0.05) is 38.3 Å². The minimum Gasteiger partial charge on any atom is -0.444 e. The topological polar surface area (TPSA) is 311 Å². The number of amides is 2. The predicted molar refractivity (Wildman–Crippen MR) is 239 cm³/mol. The fourth-order valence-electron chi connectivity index (χ4n) is 6.08. The molecule has 0 spiro atoms. The number of halogens is 4. The molecule has 0 bridgehead atoms. The minimum atomic E-state index is -0.939. The highest BCUT2D eigenvalue weighted by atomic mass is 79.9. The van der Waals surface area contributed by atoms with Crippen molar-refractivity contribution in [2.24, 2.45) is 10.7 Å². The Balaban J connectivity index is 0.000000203. The first-order valence-electron chi connectivity index (χ1n) is 20.3. The highest BCUT2D eigenvalue weighted by Gasteiger charge is 2.32. The lowest BCUT2D eigenvalue weighted by Gasteiger charge is -2.33. The summed E-state index contributed by atoms with van der Waals surface area (Å²) in [5, 5.41) is 41.1. The molecule has 2 aromatic carbocycles. The Labute approximate surface area is 396 Å². The third-order valence-corrected chi connectivity index (χ3v) is 10.5. The molecule has 2 fully saturated rings. The fourth-order valence-corrected chi connectivity index (χ4v) is 6.82. The third kappa shape index (κ3) is 14.5. The predicted octanol–water partition coefficient (Wildman–Crippen LogP) is 6.87. The van der Waals surface area contributed by atoms with Gasteiger partial charge in [-0.05, 0) is 156 Å². The number of aromatic nitrogens is 6. The van der Waals surface area contributed by atoms with Crippen LogP contribution in [0.3, 0.4) is 0 Å². The number of likely N-dealkylation sites (tertiary alicyclic amines) is 2. The van der Waals surface area contributed by atoms with Gasteiger partial charge in [0.2, 0.25) is 11.6 Å². The van der Waals surface area contributed by atoms with Gasteiger partial charge >= 0.3 is 23.8 Å². The normalized spacial score (nSPS) is 14.9. The summed E-state index contributed by atoms with van der Waals surface area (Å²) < 4.78 is 52.2. The van der Waals surface area contributed by atoms with Crippen LogP contribution in [0.15, 0.2) is 68.9 Å². The molecule has 5 N–H and O–H groups in total. The van der Waals surface area contributed by atoms with Gasteiger partial charge < -0.3 is 40.4 Å². The number of amidine groups is 1. The van der Waals surface area contributed by atoms with Gasteiger partial charge in [-0.15, -0.1) is 4.63 Å². The molecule has 5 heterocycles. The van der Waals surface area contributed by atoms with Gasteiger partial charge in [0.1, 0.15) is 22.8 Å². The van der Waals surface area contributed by atoms with E-state index in [1.807, 2.05) is 47.0 Å². The van der Waals surface area contributed by atoms with Gasteiger partial charge in [-0.25, -0.2) is 37.4 Å². The van der Waals surface area contributed by atoms with Crippen molar-refractivity contribution in [3.63, 3.8) is 0 Å². The number of benzene rings is 2. The molecule has 2 amide bonds. The number of carbonyl (C=O) groups is 2. The largest absolute Gasteiger partial charge is 0.446 e. The first kappa shape index (κ1) is 51.6. The van der Waals surface area contributed by atoms with Crippen LogP contribution in [0.5, 0.6) is 0 Å². The van der Waals surface area contributed by atoms with Crippen molar-refractivity contribution < 1.29 is 51.8 Å². The van der Waals surface area contributed by atoms with E-state index in [9.17, 15) is 38.5 Å². The second-order valence-electron chi connectivity index (χ2n) is 16.7. The summed E-state index contributed by atoms with van der Waals surface area (Å²) in [7, 11) is 0. The number of piperidine rings is 2. The third-order valence-electron chi connectivity index (χ3n) is 9.26. The number of anilines is 1. The van der Waals surface area contributed by atoms with Crippen molar-refractivity contribution in [3.8, 4) is 17.2 Å². The Morgan fingerprint density at radius 1 is 0.866 bits per heavy atom. The van der Waals surface area contributed by atoms with E-state index in [-0.39, 0.29) is 62.1 Å². The van der Waals surface area contributed by atoms with Crippen molar-refractivity contribution in [3.05, 3.63) is 83.3 Å². The van der Waals surface area contributed by atoms with E-state index < -0.39 is 45.0 Å². The van der Waals surface area contributed by atoms with Crippen LogP contribution in [0, 0.1) is 21.7 Å². The molecule has 0 unspecified atom stereocenters. The number of nitrogens with one attached hydrogen (secondary N) is 2. The summed E-state index contributed by atoms with van der Waals surface area (Å²) in [6.07, 6.45) is 2.52. The smallest absolute Gasteiger partial charge is 0.444 e. The molecule has 5 aromatic rings. The van der Waals surface area contributed by atoms with Crippen LogP contribution < -0.4 is 22.3 Å². The van der Waals surface area contributed by atoms with Gasteiger partial charge in [-0.2, -0.15) is 0 Å². The van der Waals surface area contributed by atoms with E-state index in [0.717, 1.165) is 36.6 Å². The maximum Gasteiger partial charge on any atom is 0.446 e. The number of ether oxygens (including phenoxy) is 2. The zero-order chi connectivity index (χ0) is 49.2. The SMILES string of the molecule is CC(C)(C)OC(=O)N1CCC(N)CC1.CC(C)(C)OC(=O)N1CCC(Nc2nonc2C(=Nc2ccc(F)c(Br)c2)NO)CC1.O=c1onc(-c2nonc2[N+](=O)[O-])n1-c1ccc(F)c(Br)c1. The molecule has 67 heavy (non-hydrogen) atoms. The van der Waals surface area contributed by atoms with Crippen LogP contribution in [0.2, 0.25) is 0 Å². The maximum absolute atomic E-state index is 13.4. The maximum atomic E-state index is 13.4. The average molecular weight is 1070 g/mol. The molecule has 0 atom stereocenters. The quantitative estimate of drug-likeness (QED) is 0.0559. The number of aliphatic imine (C=N–C) groups is 1. The van der Waals surface area contributed by atoms with Gasteiger partial charge in [-0.1, -0.05) is 5.16 Å². The lowest BCUT2D eigenvalue weighted by Crippen LogP contribution is -2.44. The lowest BCUT2D eigenvalue weighted by molar-refractivity contribution is -0.390. The lowest BCUT2D eigenvalue weighted by atomic mass is 10.1. The number of rotatable bonds is 7. The van der Waals surface area contributed by atoms with E-state index in [4.69, 9.17) is 19.8 Å². The summed E-state index contributed by atoms with van der Waals surface area (Å²) in [6.45, 7) is 13.6. The van der Waals surface area contributed by atoms with Crippen molar-refractivity contribution in [1.29, 1.82) is 0 Å². The number of nitrogens with zero attached hydrogens (tertiary/aromatic N) is 10. The first-order chi connectivity index (χ1) is 31.5. The molecule has 2 aliphatic heterocycles. The van der Waals surface area contributed by atoms with Crippen LogP contribution in [0.1, 0.15) is 72.9 Å². The molecule has 3 aromatic heterocycles. The van der Waals surface area contributed by atoms with E-state index in [1.54, 1.807) is 9.80 Å². The molecule has 7 rings (SSSR count). The van der Waals surface area contributed by atoms with E-state index >= 15 is 0 Å². The minimum absolute atomic E-state index is 0.00393. The van der Waals surface area contributed by atoms with Gasteiger partial charge in [0.15, 0.2) is 16.7 Å². The monoisotopic (exact) mass is 1070 g/mol. The van der Waals surface area contributed by atoms with Crippen LogP contribution in [0.25, 0.3) is 17.2 Å². The zero-order valence-electron chi connectivity index (χ0n) is 36.9. The van der Waals surface area contributed by atoms with Crippen LogP contribution in [-0.2, 0) is 9.47 Å². The van der Waals surface area contributed by atoms with Crippen molar-refractivity contribution in [2.75, 3.05) is 31.5 Å². The van der Waals surface area contributed by atoms with Crippen LogP contribution in [-0.4, -0.2) is 118 Å². The number of nitro groups is 1. The van der Waals surface area contributed by atoms with Gasteiger partial charge in [0.05, 0.1) is 20.3 Å². The second kappa shape index (κ2) is 22.4. The molecule has 0 radical (unpaired) electrons. The van der Waals surface area contributed by atoms with Crippen LogP contribution >= 0.6 is 31.9 Å². The number of hydrogen-bond acceptors (Lipinski definition) is 19. The Morgan fingerprint density at radius 2 is 1.42 bits per heavy atom. The van der Waals surface area contributed by atoms with Crippen molar-refractivity contribution in [2.45, 2.75) is 90.5 Å². The van der Waals surface area contributed by atoms with Gasteiger partial charge in [-0.3, -0.25) is 15.2 Å². The molecular formula is C39H47Br2F2N13O11. The molecule has 0 saturated carbocycles. The molecule has 2 aliphatic rings. The summed E-state index contributed by atoms with van der Waals surface area (Å²) in [4.78, 5) is 53.2. The number of hydroxylamine groups is 1. The molecule has 24 nitrogen and oxygen atoms in total. The van der Waals surface area contributed by atoms with Crippen molar-refractivity contribution >= 4 is 67.2 Å². The molecule has 28 heteroatoms. The number of hydrogen-bond donors (Lipinski definition) is 4. The molecule has 0 aliphatic carbocycles. The van der Waals surface area contributed by atoms with E-state index in [1.165, 1.54) is 30.3 Å². The summed E-state index contributed by atoms with van der Waals surface area (Å²) in [5.74, 6) is -2.68. The highest BCUT2D eigenvalue weighted by molar-refractivity contribution is 9.10. The number of nitrogens with two attached hydrogens (primary N) is 1. The number of carbonyl (C=O) groups excluding carboxylic acids is 2. The zero-order valence-corrected chi connectivity index (χ0v) is 40.0. The standard InChI is InChI=1S/C19H24BrFN6O4.C10H3BrFN5O5.C10H20N2O2/c1-19(2,3)30-18(28)27-8-6-11(7-9-27)22-17-15(25-31-26-17)16(24-29)23-12-4-5-14(21)13(20)10-12;11-5-3-4(1-2-6(5)12)16-8(14-21-10(16)18)7-9(17(19)20)15-22-13-7;1-10(2,3)14-9(13)12-6-4-8(11)5-7-12/h4-5,10-11,29H,6-9H2,1-3H3,(H,22,26)(H,23,24);1-3H;8H,4-7,11H2,1-3H3. The molecular weight excluding hydrogens is 1020 g/mol. The Kier molecular flexibility index (Phi) is 17.2. The molecule has 362 valence electrons. The first-order valence-corrected chi connectivity index (χ1v) is 21.9. The highest BCUT2D eigenvalue weighted by Crippen LogP contribution is 2.28. The van der Waals surface area contributed by atoms with Crippen LogP contribution in [0.4, 0.5) is 35.7 Å². The van der Waals surface area contributed by atoms with E-state index in [0.29, 0.717) is 31.6 Å². The van der Waals surface area contributed by atoms with Gasteiger partial charge in [0.25, 0.3) is 5.69 Å². The van der Waals surface area contributed by atoms with Crippen molar-refractivity contribution in [1.82, 2.24) is 45.6 Å². The second-order valence-corrected chi connectivity index (χ2v) is 18.4. The summed E-state index contributed by atoms with van der Waals surface area (Å²) >= 11 is 6.07. The Hall–Kier alpha value is -6.39. The Morgan fingerprint density at radius 3 is 1.96 bits per heavy atom. The Bertz CT molecular complexity index is 2590. The summed E-state index contributed by atoms with van der Waals surface area (Å²) in [6, 6.07) is 8.04. The van der Waals surface area contributed by atoms with E-state index in [2.05, 4.69) is 77.1 Å². The summed E-state index contributed by atoms with van der Waals surface area (Å²) in [5.41, 5.74) is 7.09. The average Bonchev–Trinajstić information content (AvgIpc) is 4.02. The molecule has 2 saturated heterocycles. The fraction of sp³-hybridized carbons (Fsp3) is 0.462.